The van der Waals surface area contributed by atoms with E-state index in [4.69, 9.17) is 0 Å². The van der Waals surface area contributed by atoms with Gasteiger partial charge in [0.2, 0.25) is 0 Å². The lowest BCUT2D eigenvalue weighted by atomic mass is 10.2. The highest BCUT2D eigenvalue weighted by Gasteiger charge is 2.12. The van der Waals surface area contributed by atoms with Crippen LogP contribution in [0.5, 0.6) is 0 Å². The van der Waals surface area contributed by atoms with Crippen LogP contribution < -0.4 is 10.2 Å². The van der Waals surface area contributed by atoms with Gasteiger partial charge in [-0.1, -0.05) is 12.1 Å². The third-order valence-electron chi connectivity index (χ3n) is 2.81. The second-order valence-electron chi connectivity index (χ2n) is 4.93. The van der Waals surface area contributed by atoms with E-state index in [-0.39, 0.29) is 0 Å². The molecule has 0 amide bonds. The molecule has 1 aromatic carbocycles. The number of aromatic nitrogens is 2. The predicted molar refractivity (Wildman–Crippen MR) is 80.0 cm³/mol. The van der Waals surface area contributed by atoms with Crippen LogP contribution in [0.15, 0.2) is 36.7 Å². The summed E-state index contributed by atoms with van der Waals surface area (Å²) in [5.41, 5.74) is 2.33. The number of nitrogens with one attached hydrogen (secondary N) is 1. The molecule has 0 spiro atoms. The summed E-state index contributed by atoms with van der Waals surface area (Å²) in [6.07, 6.45) is 3.42. The summed E-state index contributed by atoms with van der Waals surface area (Å²) in [5.74, 6) is 1.64. The Kier molecular flexibility index (Phi) is 4.00. The van der Waals surface area contributed by atoms with Gasteiger partial charge in [-0.2, -0.15) is 0 Å². The molecule has 0 unspecified atom stereocenters. The molecule has 2 rings (SSSR count). The van der Waals surface area contributed by atoms with E-state index >= 15 is 0 Å². The molecular weight excluding hydrogens is 236 g/mol. The minimum atomic E-state index is 0.321. The first-order chi connectivity index (χ1) is 9.08. The van der Waals surface area contributed by atoms with E-state index < -0.39 is 0 Å². The average Bonchev–Trinajstić information content (AvgIpc) is 2.38. The van der Waals surface area contributed by atoms with E-state index in [1.807, 2.05) is 18.0 Å². The van der Waals surface area contributed by atoms with Gasteiger partial charge in [0.25, 0.3) is 0 Å². The van der Waals surface area contributed by atoms with Crippen molar-refractivity contribution < 1.29 is 0 Å². The highest BCUT2D eigenvalue weighted by Crippen LogP contribution is 2.27. The van der Waals surface area contributed by atoms with Crippen LogP contribution in [0.25, 0.3) is 0 Å². The van der Waals surface area contributed by atoms with Gasteiger partial charge in [0, 0.05) is 31.2 Å². The number of hydrogen-bond donors (Lipinski definition) is 1. The van der Waals surface area contributed by atoms with Gasteiger partial charge < -0.3 is 10.2 Å². The minimum Gasteiger partial charge on any atom is -0.365 e. The van der Waals surface area contributed by atoms with Crippen molar-refractivity contribution in [2.45, 2.75) is 26.8 Å². The van der Waals surface area contributed by atoms with E-state index in [1.165, 1.54) is 5.56 Å². The highest BCUT2D eigenvalue weighted by molar-refractivity contribution is 5.69. The molecule has 0 bridgehead atoms. The molecule has 4 heteroatoms. The highest BCUT2D eigenvalue weighted by atomic mass is 15.2. The molecule has 0 saturated heterocycles. The second kappa shape index (κ2) is 5.69. The normalized spacial score (nSPS) is 10.6. The number of anilines is 3. The van der Waals surface area contributed by atoms with Gasteiger partial charge in [-0.15, -0.1) is 0 Å². The molecule has 4 nitrogen and oxygen atoms in total. The first-order valence-electron chi connectivity index (χ1n) is 6.46. The molecule has 19 heavy (non-hydrogen) atoms. The Hall–Kier alpha value is -2.10. The topological polar surface area (TPSA) is 41.1 Å². The van der Waals surface area contributed by atoms with Crippen LogP contribution >= 0.6 is 0 Å². The zero-order valence-electron chi connectivity index (χ0n) is 11.9. The molecule has 0 saturated carbocycles. The Morgan fingerprint density at radius 2 is 1.89 bits per heavy atom. The summed E-state index contributed by atoms with van der Waals surface area (Å²) in [7, 11) is 2.00. The molecule has 1 N–H and O–H groups in total. The van der Waals surface area contributed by atoms with E-state index in [2.05, 4.69) is 54.3 Å². The van der Waals surface area contributed by atoms with Gasteiger partial charge in [-0.05, 0) is 38.5 Å². The largest absolute Gasteiger partial charge is 0.365 e. The summed E-state index contributed by atoms with van der Waals surface area (Å²) in [6.45, 7) is 6.26. The van der Waals surface area contributed by atoms with E-state index in [0.717, 1.165) is 17.3 Å². The van der Waals surface area contributed by atoms with Gasteiger partial charge in [0.15, 0.2) is 11.6 Å². The van der Waals surface area contributed by atoms with Crippen LogP contribution in [0.3, 0.4) is 0 Å². The van der Waals surface area contributed by atoms with Crippen molar-refractivity contribution in [2.24, 2.45) is 0 Å². The van der Waals surface area contributed by atoms with Crippen molar-refractivity contribution >= 4 is 17.3 Å². The van der Waals surface area contributed by atoms with Gasteiger partial charge in [0.05, 0.1) is 0 Å². The molecule has 0 atom stereocenters. The maximum absolute atomic E-state index is 4.44. The fourth-order valence-corrected chi connectivity index (χ4v) is 1.91. The molecule has 0 radical (unpaired) electrons. The average molecular weight is 256 g/mol. The van der Waals surface area contributed by atoms with Crippen molar-refractivity contribution in [1.29, 1.82) is 0 Å². The fourth-order valence-electron chi connectivity index (χ4n) is 1.91. The first kappa shape index (κ1) is 13.3. The summed E-state index contributed by atoms with van der Waals surface area (Å²) < 4.78 is 0. The number of rotatable bonds is 4. The number of aryl methyl sites for hydroxylation is 1. The van der Waals surface area contributed by atoms with Crippen LogP contribution in [-0.2, 0) is 0 Å². The summed E-state index contributed by atoms with van der Waals surface area (Å²) >= 11 is 0. The van der Waals surface area contributed by atoms with Gasteiger partial charge >= 0.3 is 0 Å². The Balaban J connectivity index is 2.35. The van der Waals surface area contributed by atoms with Crippen molar-refractivity contribution in [3.8, 4) is 0 Å². The molecule has 1 heterocycles. The lowest BCUT2D eigenvalue weighted by molar-refractivity contribution is 0.883. The summed E-state index contributed by atoms with van der Waals surface area (Å²) in [4.78, 5) is 10.9. The molecule has 100 valence electrons. The van der Waals surface area contributed by atoms with E-state index in [9.17, 15) is 0 Å². The van der Waals surface area contributed by atoms with E-state index in [1.54, 1.807) is 12.4 Å². The van der Waals surface area contributed by atoms with Crippen molar-refractivity contribution in [3.63, 3.8) is 0 Å². The van der Waals surface area contributed by atoms with Crippen LogP contribution in [-0.4, -0.2) is 23.1 Å². The van der Waals surface area contributed by atoms with Crippen LogP contribution in [0.2, 0.25) is 0 Å². The summed E-state index contributed by atoms with van der Waals surface area (Å²) in [5, 5.41) is 3.32. The van der Waals surface area contributed by atoms with Gasteiger partial charge in [-0.3, -0.25) is 0 Å². The van der Waals surface area contributed by atoms with Crippen LogP contribution in [0.1, 0.15) is 19.4 Å². The maximum Gasteiger partial charge on any atom is 0.176 e. The van der Waals surface area contributed by atoms with Crippen LogP contribution in [0, 0.1) is 6.92 Å². The number of benzene rings is 1. The minimum absolute atomic E-state index is 0.321. The molecule has 0 aliphatic heterocycles. The number of hydrogen-bond acceptors (Lipinski definition) is 4. The predicted octanol–water partition coefficient (Wildman–Crippen LogP) is 3.37. The van der Waals surface area contributed by atoms with Crippen molar-refractivity contribution in [3.05, 3.63) is 42.2 Å². The van der Waals surface area contributed by atoms with Gasteiger partial charge in [-0.25, -0.2) is 9.97 Å². The lowest BCUT2D eigenvalue weighted by Crippen LogP contribution is -2.18. The van der Waals surface area contributed by atoms with E-state index in [0.29, 0.717) is 6.04 Å². The van der Waals surface area contributed by atoms with Crippen molar-refractivity contribution in [1.82, 2.24) is 9.97 Å². The standard InChI is InChI=1S/C15H20N4/c1-11(2)18-14-15(17-9-8-16-14)19(4)13-7-5-6-12(3)10-13/h5-11H,1-4H3,(H,16,18). The molecule has 2 aromatic rings. The summed E-state index contributed by atoms with van der Waals surface area (Å²) in [6, 6.07) is 8.66. The Morgan fingerprint density at radius 1 is 1.16 bits per heavy atom. The lowest BCUT2D eigenvalue weighted by Gasteiger charge is -2.22. The fraction of sp³-hybridized carbons (Fsp3) is 0.333. The monoisotopic (exact) mass is 256 g/mol. The number of nitrogens with zero attached hydrogens (tertiary/aromatic N) is 3. The molecule has 0 fully saturated rings. The third kappa shape index (κ3) is 3.22. The maximum atomic E-state index is 4.44. The molecular formula is C15H20N4. The quantitative estimate of drug-likeness (QED) is 0.910. The Bertz CT molecular complexity index is 551. The zero-order valence-corrected chi connectivity index (χ0v) is 11.9. The first-order valence-corrected chi connectivity index (χ1v) is 6.46. The Morgan fingerprint density at radius 3 is 2.58 bits per heavy atom. The van der Waals surface area contributed by atoms with Crippen molar-refractivity contribution in [2.75, 3.05) is 17.3 Å². The molecule has 1 aromatic heterocycles. The van der Waals surface area contributed by atoms with Gasteiger partial charge in [0.1, 0.15) is 0 Å². The zero-order chi connectivity index (χ0) is 13.8. The second-order valence-corrected chi connectivity index (χ2v) is 4.93. The third-order valence-corrected chi connectivity index (χ3v) is 2.81. The smallest absolute Gasteiger partial charge is 0.176 e. The molecule has 0 aliphatic rings. The van der Waals surface area contributed by atoms with Crippen LogP contribution in [0.4, 0.5) is 17.3 Å². The Labute approximate surface area is 114 Å². The SMILES string of the molecule is Cc1cccc(N(C)c2nccnc2NC(C)C)c1. The molecule has 0 aliphatic carbocycles.